The molecule has 1 amide bonds. The van der Waals surface area contributed by atoms with Gasteiger partial charge >= 0.3 is 0 Å². The number of nitrogens with zero attached hydrogens (tertiary/aromatic N) is 5. The van der Waals surface area contributed by atoms with E-state index in [2.05, 4.69) is 27.2 Å². The zero-order valence-electron chi connectivity index (χ0n) is 19.5. The minimum Gasteiger partial charge on any atom is -0.323 e. The number of anilines is 3. The number of pyridine rings is 1. The second-order valence-electron chi connectivity index (χ2n) is 8.51. The first-order chi connectivity index (χ1) is 16.8. The lowest BCUT2D eigenvalue weighted by Gasteiger charge is -2.33. The van der Waals surface area contributed by atoms with E-state index >= 15 is 0 Å². The van der Waals surface area contributed by atoms with Crippen LogP contribution in [0.4, 0.5) is 17.3 Å². The van der Waals surface area contributed by atoms with E-state index in [4.69, 9.17) is 0 Å². The lowest BCUT2D eigenvalue weighted by atomic mass is 10.1. The average molecular weight is 491 g/mol. The molecule has 3 heterocycles. The van der Waals surface area contributed by atoms with Crippen molar-refractivity contribution >= 4 is 38.7 Å². The third kappa shape index (κ3) is 4.75. The summed E-state index contributed by atoms with van der Waals surface area (Å²) in [5.41, 5.74) is 3.94. The van der Waals surface area contributed by atoms with Gasteiger partial charge in [0.2, 0.25) is 11.9 Å². The van der Waals surface area contributed by atoms with Crippen LogP contribution in [0.3, 0.4) is 0 Å². The maximum absolute atomic E-state index is 12.6. The van der Waals surface area contributed by atoms with Crippen molar-refractivity contribution in [2.45, 2.75) is 11.8 Å². The molecule has 0 spiro atoms. The number of nitrogens with one attached hydrogen (secondary N) is 1. The van der Waals surface area contributed by atoms with Gasteiger partial charge in [0.1, 0.15) is 0 Å². The highest BCUT2D eigenvalue weighted by molar-refractivity contribution is 7.90. The van der Waals surface area contributed by atoms with Crippen molar-refractivity contribution in [3.05, 3.63) is 66.9 Å². The van der Waals surface area contributed by atoms with Gasteiger partial charge < -0.3 is 10.2 Å². The Hall–Kier alpha value is -3.76. The Morgan fingerprint density at radius 1 is 1.03 bits per heavy atom. The normalized spacial score (nSPS) is 15.0. The zero-order chi connectivity index (χ0) is 24.6. The van der Waals surface area contributed by atoms with Crippen molar-refractivity contribution < 1.29 is 13.2 Å². The molecule has 2 aromatic carbocycles. The van der Waals surface area contributed by atoms with Gasteiger partial charge in [-0.2, -0.15) is 4.98 Å². The maximum Gasteiger partial charge on any atom is 0.247 e. The topological polar surface area (TPSA) is 99.9 Å². The van der Waals surface area contributed by atoms with Crippen LogP contribution in [0.2, 0.25) is 0 Å². The van der Waals surface area contributed by atoms with E-state index in [9.17, 15) is 13.2 Å². The molecule has 0 bridgehead atoms. The fraction of sp³-hybridized carbons (Fsp3) is 0.240. The maximum atomic E-state index is 12.6. The third-order valence-electron chi connectivity index (χ3n) is 6.12. The highest BCUT2D eigenvalue weighted by Crippen LogP contribution is 2.27. The number of carbonyl (C=O) groups excluding carboxylic acids is 1. The second kappa shape index (κ2) is 9.12. The lowest BCUT2D eigenvalue weighted by molar-refractivity contribution is -0.121. The summed E-state index contributed by atoms with van der Waals surface area (Å²) < 4.78 is 25.2. The predicted octanol–water partition coefficient (Wildman–Crippen LogP) is 3.21. The van der Waals surface area contributed by atoms with Gasteiger partial charge in [0.25, 0.3) is 0 Å². The number of rotatable bonds is 6. The summed E-state index contributed by atoms with van der Waals surface area (Å²) in [5, 5.41) is 7.79. The summed E-state index contributed by atoms with van der Waals surface area (Å²) >= 11 is 0. The Kier molecular flexibility index (Phi) is 6.00. The largest absolute Gasteiger partial charge is 0.323 e. The van der Waals surface area contributed by atoms with Crippen LogP contribution in [0, 0.1) is 0 Å². The number of aromatic nitrogens is 3. The summed E-state index contributed by atoms with van der Waals surface area (Å²) in [7, 11) is -3.26. The molecule has 1 aliphatic rings. The minimum atomic E-state index is -3.26. The predicted molar refractivity (Wildman–Crippen MR) is 136 cm³/mol. The van der Waals surface area contributed by atoms with Crippen LogP contribution >= 0.6 is 0 Å². The Morgan fingerprint density at radius 2 is 1.83 bits per heavy atom. The van der Waals surface area contributed by atoms with Gasteiger partial charge in [-0.15, -0.1) is 5.10 Å². The fourth-order valence-corrected chi connectivity index (χ4v) is 4.84. The van der Waals surface area contributed by atoms with E-state index < -0.39 is 9.84 Å². The molecule has 1 aliphatic heterocycles. The van der Waals surface area contributed by atoms with Gasteiger partial charge in [0.05, 0.1) is 11.4 Å². The number of carbonyl (C=O) groups is 1. The smallest absolute Gasteiger partial charge is 0.247 e. The van der Waals surface area contributed by atoms with E-state index in [1.54, 1.807) is 28.8 Å². The van der Waals surface area contributed by atoms with Crippen molar-refractivity contribution in [2.75, 3.05) is 42.7 Å². The average Bonchev–Trinajstić information content (AvgIpc) is 3.26. The summed E-state index contributed by atoms with van der Waals surface area (Å²) in [6, 6.07) is 18.2. The molecule has 1 saturated heterocycles. The van der Waals surface area contributed by atoms with Crippen molar-refractivity contribution in [1.29, 1.82) is 0 Å². The van der Waals surface area contributed by atoms with Crippen LogP contribution < -0.4 is 10.2 Å². The Balaban J connectivity index is 1.40. The van der Waals surface area contributed by atoms with Gasteiger partial charge in [-0.25, -0.2) is 12.9 Å². The number of likely N-dealkylation sites (N-methyl/N-ethyl adjacent to an activating group) is 1. The molecule has 1 N–H and O–H groups in total. The SMILES string of the molecule is CCN1CCN(c2cccc(Nc3nc4c(-c5ccc(S(C)(=O)=O)cc5)cccn4n3)c2)C(=O)C1. The molecule has 180 valence electrons. The summed E-state index contributed by atoms with van der Waals surface area (Å²) in [6.45, 7) is 4.86. The van der Waals surface area contributed by atoms with E-state index in [0.717, 1.165) is 35.6 Å². The molecule has 0 saturated carbocycles. The number of fused-ring (bicyclic) bond motifs is 1. The summed E-state index contributed by atoms with van der Waals surface area (Å²) in [6.07, 6.45) is 3.00. The first-order valence-electron chi connectivity index (χ1n) is 11.4. The number of sulfone groups is 1. The summed E-state index contributed by atoms with van der Waals surface area (Å²) in [5.74, 6) is 0.511. The number of benzene rings is 2. The Bertz CT molecular complexity index is 1500. The Morgan fingerprint density at radius 3 is 2.54 bits per heavy atom. The van der Waals surface area contributed by atoms with Gasteiger partial charge in [-0.3, -0.25) is 9.69 Å². The molecule has 4 aromatic rings. The van der Waals surface area contributed by atoms with E-state index in [0.29, 0.717) is 24.7 Å². The number of amides is 1. The van der Waals surface area contributed by atoms with Gasteiger partial charge in [-0.05, 0) is 54.6 Å². The highest BCUT2D eigenvalue weighted by atomic mass is 32.2. The van der Waals surface area contributed by atoms with Crippen molar-refractivity contribution in [3.63, 3.8) is 0 Å². The van der Waals surface area contributed by atoms with Gasteiger partial charge in [-0.1, -0.05) is 25.1 Å². The molecule has 9 nitrogen and oxygen atoms in total. The molecule has 0 radical (unpaired) electrons. The summed E-state index contributed by atoms with van der Waals surface area (Å²) in [4.78, 5) is 21.5. The quantitative estimate of drug-likeness (QED) is 0.443. The monoisotopic (exact) mass is 490 g/mol. The molecule has 2 aromatic heterocycles. The number of hydrogen-bond donors (Lipinski definition) is 1. The van der Waals surface area contributed by atoms with E-state index in [1.807, 2.05) is 47.5 Å². The molecule has 5 rings (SSSR count). The first kappa shape index (κ1) is 23.0. The van der Waals surface area contributed by atoms with Crippen LogP contribution in [0.15, 0.2) is 71.8 Å². The number of piperazine rings is 1. The van der Waals surface area contributed by atoms with Crippen LogP contribution in [0.1, 0.15) is 6.92 Å². The Labute approximate surface area is 203 Å². The van der Waals surface area contributed by atoms with Crippen molar-refractivity contribution in [1.82, 2.24) is 19.5 Å². The molecule has 0 atom stereocenters. The zero-order valence-corrected chi connectivity index (χ0v) is 20.4. The van der Waals surface area contributed by atoms with Crippen LogP contribution in [0.25, 0.3) is 16.8 Å². The molecule has 0 unspecified atom stereocenters. The van der Waals surface area contributed by atoms with E-state index in [-0.39, 0.29) is 10.8 Å². The molecular formula is C25H26N6O3S. The molecule has 0 aliphatic carbocycles. The van der Waals surface area contributed by atoms with Gasteiger partial charge in [0, 0.05) is 42.5 Å². The lowest BCUT2D eigenvalue weighted by Crippen LogP contribution is -2.50. The van der Waals surface area contributed by atoms with Crippen molar-refractivity contribution in [3.8, 4) is 11.1 Å². The van der Waals surface area contributed by atoms with Crippen molar-refractivity contribution in [2.24, 2.45) is 0 Å². The third-order valence-corrected chi connectivity index (χ3v) is 7.25. The van der Waals surface area contributed by atoms with Crippen LogP contribution in [-0.2, 0) is 14.6 Å². The van der Waals surface area contributed by atoms with Crippen LogP contribution in [-0.4, -0.2) is 66.3 Å². The number of hydrogen-bond acceptors (Lipinski definition) is 7. The standard InChI is InChI=1S/C25H26N6O3S/c1-3-29-14-15-30(23(32)17-29)20-7-4-6-19(16-20)26-25-27-24-22(8-5-13-31(24)28-25)18-9-11-21(12-10-18)35(2,33)34/h4-13,16H,3,14-15,17H2,1-2H3,(H,26,28). The second-order valence-corrected chi connectivity index (χ2v) is 10.5. The highest BCUT2D eigenvalue weighted by Gasteiger charge is 2.24. The molecule has 10 heteroatoms. The fourth-order valence-electron chi connectivity index (χ4n) is 4.21. The minimum absolute atomic E-state index is 0.0904. The van der Waals surface area contributed by atoms with Crippen LogP contribution in [0.5, 0.6) is 0 Å². The molecule has 35 heavy (non-hydrogen) atoms. The molecular weight excluding hydrogens is 464 g/mol. The molecule has 1 fully saturated rings. The van der Waals surface area contributed by atoms with Gasteiger partial charge in [0.15, 0.2) is 15.5 Å². The van der Waals surface area contributed by atoms with E-state index in [1.165, 1.54) is 6.26 Å². The first-order valence-corrected chi connectivity index (χ1v) is 13.3.